The minimum absolute atomic E-state index is 0.00839. The van der Waals surface area contributed by atoms with Crippen LogP contribution in [-0.4, -0.2) is 96.9 Å². The summed E-state index contributed by atoms with van der Waals surface area (Å²) in [4.78, 5) is 41.6. The van der Waals surface area contributed by atoms with Gasteiger partial charge in [0.25, 0.3) is 5.91 Å². The number of hydrogen-bond donors (Lipinski definition) is 2. The van der Waals surface area contributed by atoms with Crippen LogP contribution in [0.2, 0.25) is 0 Å². The van der Waals surface area contributed by atoms with Gasteiger partial charge in [0.2, 0.25) is 10.0 Å². The smallest absolute Gasteiger partial charge is 0.410 e. The number of ether oxygens (including phenoxy) is 2. The fourth-order valence-electron chi connectivity index (χ4n) is 6.66. The van der Waals surface area contributed by atoms with E-state index in [0.29, 0.717) is 24.9 Å². The molecule has 3 aliphatic heterocycles. The second kappa shape index (κ2) is 15.2. The van der Waals surface area contributed by atoms with Crippen LogP contribution in [0.15, 0.2) is 54.6 Å². The Kier molecular flexibility index (Phi) is 11.0. The number of carbonyl (C=O) groups is 3. The maximum absolute atomic E-state index is 13.6. The average Bonchev–Trinajstić information content (AvgIpc) is 3.58. The molecule has 3 heterocycles. The Labute approximate surface area is 280 Å². The zero-order chi connectivity index (χ0) is 34.3. The molecule has 1 atom stereocenters. The Morgan fingerprint density at radius 3 is 2.44 bits per heavy atom. The summed E-state index contributed by atoms with van der Waals surface area (Å²) in [5, 5.41) is 18.7. The van der Waals surface area contributed by atoms with Crippen LogP contribution in [0, 0.1) is 23.7 Å². The number of nitriles is 1. The molecule has 0 radical (unpaired) electrons. The predicted octanol–water partition coefficient (Wildman–Crippen LogP) is 3.81. The highest BCUT2D eigenvalue weighted by Crippen LogP contribution is 2.36. The van der Waals surface area contributed by atoms with Crippen LogP contribution in [0.3, 0.4) is 0 Å². The van der Waals surface area contributed by atoms with Crippen LogP contribution in [-0.2, 0) is 30.9 Å². The van der Waals surface area contributed by atoms with E-state index >= 15 is 0 Å². The van der Waals surface area contributed by atoms with Crippen molar-refractivity contribution >= 4 is 33.7 Å². The summed E-state index contributed by atoms with van der Waals surface area (Å²) in [7, 11) is -3.93. The third-order valence-corrected chi connectivity index (χ3v) is 11.5. The zero-order valence-corrected chi connectivity index (χ0v) is 27.8. The van der Waals surface area contributed by atoms with Crippen LogP contribution in [0.5, 0.6) is 0 Å². The van der Waals surface area contributed by atoms with E-state index in [-0.39, 0.29) is 58.3 Å². The first-order chi connectivity index (χ1) is 23.0. The Morgan fingerprint density at radius 2 is 1.79 bits per heavy atom. The first kappa shape index (κ1) is 34.9. The third-order valence-electron chi connectivity index (χ3n) is 9.50. The number of rotatable bonds is 9. The van der Waals surface area contributed by atoms with E-state index in [0.717, 1.165) is 28.7 Å². The number of aryl methyl sites for hydroxylation is 1. The third kappa shape index (κ3) is 7.98. The Balaban J connectivity index is 1.14. The fraction of sp³-hybridized carbons (Fsp3) is 0.471. The number of hydrogen-bond acceptors (Lipinski definition) is 9. The number of sulfonamides is 1. The summed E-state index contributed by atoms with van der Waals surface area (Å²) in [5.74, 6) is -1.33. The lowest BCUT2D eigenvalue weighted by molar-refractivity contribution is -0.141. The average molecular weight is 680 g/mol. The molecule has 2 saturated heterocycles. The summed E-state index contributed by atoms with van der Waals surface area (Å²) in [5.41, 5.74) is 4.52. The molecule has 2 aromatic carbocycles. The Hall–Kier alpha value is -4.45. The molecule has 2 fully saturated rings. The summed E-state index contributed by atoms with van der Waals surface area (Å²) in [6.07, 6.45) is 2.65. The van der Waals surface area contributed by atoms with Crippen LogP contribution in [0.4, 0.5) is 9.59 Å². The van der Waals surface area contributed by atoms with Crippen molar-refractivity contribution in [2.24, 2.45) is 5.41 Å². The second-order valence-corrected chi connectivity index (χ2v) is 14.5. The lowest BCUT2D eigenvalue weighted by atomic mass is 9.79. The molecule has 0 bridgehead atoms. The van der Waals surface area contributed by atoms with Gasteiger partial charge in [0.15, 0.2) is 0 Å². The van der Waals surface area contributed by atoms with Crippen molar-refractivity contribution in [1.82, 2.24) is 19.6 Å². The molecular weight excluding hydrogens is 638 g/mol. The first-order valence-corrected chi connectivity index (χ1v) is 17.7. The Morgan fingerprint density at radius 1 is 1.04 bits per heavy atom. The van der Waals surface area contributed by atoms with Crippen LogP contribution < -0.4 is 5.48 Å². The fourth-order valence-corrected chi connectivity index (χ4v) is 8.64. The molecule has 14 heteroatoms. The van der Waals surface area contributed by atoms with Gasteiger partial charge in [0.05, 0.1) is 28.8 Å². The van der Waals surface area contributed by atoms with Crippen molar-refractivity contribution in [2.75, 3.05) is 45.1 Å². The largest absolute Gasteiger partial charge is 0.447 e. The highest BCUT2D eigenvalue weighted by molar-refractivity contribution is 7.89. The van der Waals surface area contributed by atoms with E-state index in [2.05, 4.69) is 6.07 Å². The van der Waals surface area contributed by atoms with Gasteiger partial charge in [0, 0.05) is 32.7 Å². The summed E-state index contributed by atoms with van der Waals surface area (Å²) in [6, 6.07) is 16.5. The van der Waals surface area contributed by atoms with E-state index in [1.807, 2.05) is 49.4 Å². The standard InChI is InChI=1S/C34H41N5O8S/c1-25-20-27(21-35)9-10-30(25)28-11-16-38(17-12-28)48(44,45)24-34(31(40)36-43)13-18-37(19-14-34)32(41)47-23-29-8-5-15-39(29)33(42)46-22-26-6-3-2-4-7-26/h2-4,6-7,9-11,20,29,43H,5,8,12-19,22-24H2,1H3,(H,36,40)/t29-/m0/s1. The number of amides is 3. The van der Waals surface area contributed by atoms with Gasteiger partial charge in [-0.15, -0.1) is 0 Å². The number of likely N-dealkylation sites (tertiary alicyclic amines) is 2. The van der Waals surface area contributed by atoms with Crippen molar-refractivity contribution in [2.45, 2.75) is 51.7 Å². The number of nitrogens with zero attached hydrogens (tertiary/aromatic N) is 4. The van der Waals surface area contributed by atoms with E-state index < -0.39 is 39.3 Å². The van der Waals surface area contributed by atoms with Crippen molar-refractivity contribution < 1.29 is 37.5 Å². The number of piperidine rings is 1. The van der Waals surface area contributed by atoms with Gasteiger partial charge in [-0.2, -0.15) is 9.57 Å². The topological polar surface area (TPSA) is 170 Å². The first-order valence-electron chi connectivity index (χ1n) is 16.1. The van der Waals surface area contributed by atoms with Gasteiger partial charge in [-0.25, -0.2) is 23.5 Å². The van der Waals surface area contributed by atoms with E-state index in [1.54, 1.807) is 22.5 Å². The van der Waals surface area contributed by atoms with Gasteiger partial charge in [0.1, 0.15) is 13.2 Å². The number of carbonyl (C=O) groups excluding carboxylic acids is 3. The van der Waals surface area contributed by atoms with Crippen LogP contribution in [0.1, 0.15) is 54.4 Å². The number of nitrogens with one attached hydrogen (secondary N) is 1. The molecule has 0 spiro atoms. The van der Waals surface area contributed by atoms with E-state index in [9.17, 15) is 28.0 Å². The van der Waals surface area contributed by atoms with Crippen molar-refractivity contribution in [3.8, 4) is 6.07 Å². The van der Waals surface area contributed by atoms with Crippen molar-refractivity contribution in [1.29, 1.82) is 5.26 Å². The van der Waals surface area contributed by atoms with E-state index in [1.165, 1.54) is 9.21 Å². The Bertz CT molecular complexity index is 1680. The molecule has 0 aliphatic carbocycles. The van der Waals surface area contributed by atoms with E-state index in [4.69, 9.17) is 14.7 Å². The molecule has 3 aliphatic rings. The van der Waals surface area contributed by atoms with Gasteiger partial charge in [-0.05, 0) is 73.4 Å². The van der Waals surface area contributed by atoms with Gasteiger partial charge in [-0.3, -0.25) is 10.0 Å². The molecule has 13 nitrogen and oxygen atoms in total. The minimum atomic E-state index is -3.93. The molecule has 0 aromatic heterocycles. The SMILES string of the molecule is Cc1cc(C#N)ccc1C1=CCN(S(=O)(=O)CC2(C(=O)NO)CCN(C(=O)OC[C@@H]3CCCN3C(=O)OCc3ccccc3)CC2)CC1. The molecule has 3 amide bonds. The normalized spacial score (nSPS) is 19.6. The predicted molar refractivity (Wildman–Crippen MR) is 175 cm³/mol. The van der Waals surface area contributed by atoms with Crippen LogP contribution >= 0.6 is 0 Å². The molecule has 2 aromatic rings. The van der Waals surface area contributed by atoms with Gasteiger partial charge in [-0.1, -0.05) is 42.5 Å². The maximum atomic E-state index is 13.6. The number of benzene rings is 2. The van der Waals surface area contributed by atoms with Crippen LogP contribution in [0.25, 0.3) is 5.57 Å². The monoisotopic (exact) mass is 679 g/mol. The van der Waals surface area contributed by atoms with Gasteiger partial charge < -0.3 is 19.3 Å². The zero-order valence-electron chi connectivity index (χ0n) is 27.0. The molecular formula is C34H41N5O8S. The highest BCUT2D eigenvalue weighted by Gasteiger charge is 2.47. The lowest BCUT2D eigenvalue weighted by Gasteiger charge is -2.40. The summed E-state index contributed by atoms with van der Waals surface area (Å²) < 4.78 is 39.6. The molecule has 256 valence electrons. The molecule has 0 unspecified atom stereocenters. The molecule has 48 heavy (non-hydrogen) atoms. The van der Waals surface area contributed by atoms with Crippen molar-refractivity contribution in [3.63, 3.8) is 0 Å². The van der Waals surface area contributed by atoms with Gasteiger partial charge >= 0.3 is 12.2 Å². The minimum Gasteiger partial charge on any atom is -0.447 e. The van der Waals surface area contributed by atoms with Crippen molar-refractivity contribution in [3.05, 3.63) is 76.9 Å². The lowest BCUT2D eigenvalue weighted by Crippen LogP contribution is -2.54. The molecule has 0 saturated carbocycles. The summed E-state index contributed by atoms with van der Waals surface area (Å²) in [6.45, 7) is 2.99. The maximum Gasteiger partial charge on any atom is 0.410 e. The molecule has 2 N–H and O–H groups in total. The quantitative estimate of drug-likeness (QED) is 0.296. The highest BCUT2D eigenvalue weighted by atomic mass is 32.2. The summed E-state index contributed by atoms with van der Waals surface area (Å²) >= 11 is 0. The number of hydroxylamine groups is 1. The second-order valence-electron chi connectivity index (χ2n) is 12.5. The molecule has 5 rings (SSSR count).